The highest BCUT2D eigenvalue weighted by Gasteiger charge is 2.19. The summed E-state index contributed by atoms with van der Waals surface area (Å²) in [5.74, 6) is -0.428. The lowest BCUT2D eigenvalue weighted by Gasteiger charge is -2.14. The summed E-state index contributed by atoms with van der Waals surface area (Å²) >= 11 is 3.46. The minimum Gasteiger partial charge on any atom is -0.382 e. The summed E-state index contributed by atoms with van der Waals surface area (Å²) in [6.07, 6.45) is 2.49. The Bertz CT molecular complexity index is 824. The Kier molecular flexibility index (Phi) is 6.51. The number of halogens is 3. The first-order valence-electron chi connectivity index (χ1n) is 7.59. The number of hydrogen-bond donors (Lipinski definition) is 1. The first kappa shape index (κ1) is 19.3. The number of nitrogens with one attached hydrogen (secondary N) is 1. The lowest BCUT2D eigenvalue weighted by atomic mass is 10.1. The normalized spacial score (nSPS) is 20.1. The largest absolute Gasteiger partial charge is 0.382 e. The van der Waals surface area contributed by atoms with Crippen LogP contribution in [0.3, 0.4) is 0 Å². The van der Waals surface area contributed by atoms with Crippen LogP contribution in [0.15, 0.2) is 17.8 Å². The van der Waals surface area contributed by atoms with Crippen molar-refractivity contribution in [2.24, 2.45) is 0 Å². The second-order valence-corrected chi connectivity index (χ2v) is 7.02. The van der Waals surface area contributed by atoms with Gasteiger partial charge in [-0.3, -0.25) is 4.79 Å². The number of ketones is 1. The van der Waals surface area contributed by atoms with Gasteiger partial charge in [0.05, 0.1) is 11.8 Å². The number of nitriles is 1. The van der Waals surface area contributed by atoms with Crippen molar-refractivity contribution in [3.63, 3.8) is 0 Å². The molecule has 1 heterocycles. The number of ether oxygens (including phenoxy) is 1. The minimum atomic E-state index is -2.54. The molecule has 2 rings (SSSR count). The van der Waals surface area contributed by atoms with Crippen LogP contribution in [0.4, 0.5) is 8.78 Å². The molecule has 0 bridgehead atoms. The summed E-state index contributed by atoms with van der Waals surface area (Å²) in [5.41, 5.74) is 0.267. The molecule has 0 fully saturated rings. The molecule has 5 nitrogen and oxygen atoms in total. The number of hydrogen-bond acceptors (Lipinski definition) is 4. The molecule has 0 amide bonds. The van der Waals surface area contributed by atoms with Gasteiger partial charge in [-0.25, -0.2) is 8.78 Å². The molecule has 0 saturated carbocycles. The van der Waals surface area contributed by atoms with Crippen LogP contribution in [0.1, 0.15) is 16.9 Å². The minimum absolute atomic E-state index is 0.00213. The van der Waals surface area contributed by atoms with Gasteiger partial charge in [0.1, 0.15) is 18.2 Å². The molecule has 0 aliphatic heterocycles. The quantitative estimate of drug-likeness (QED) is 0.332. The predicted octanol–water partition coefficient (Wildman–Crippen LogP) is 1.54. The van der Waals surface area contributed by atoms with Gasteiger partial charge in [-0.2, -0.15) is 5.26 Å². The molecule has 1 N–H and O–H groups in total. The molecule has 1 aromatic heterocycles. The van der Waals surface area contributed by atoms with E-state index in [1.54, 1.807) is 31.1 Å². The number of aromatic nitrogens is 1. The third-order valence-electron chi connectivity index (χ3n) is 3.48. The van der Waals surface area contributed by atoms with Gasteiger partial charge < -0.3 is 14.6 Å². The maximum Gasteiger partial charge on any atom is 0.261 e. The van der Waals surface area contributed by atoms with Crippen LogP contribution in [-0.4, -0.2) is 53.7 Å². The molecule has 0 radical (unpaired) electrons. The van der Waals surface area contributed by atoms with E-state index in [2.05, 4.69) is 20.9 Å². The van der Waals surface area contributed by atoms with E-state index in [4.69, 9.17) is 10.00 Å². The highest BCUT2D eigenvalue weighted by atomic mass is 79.9. The average molecular weight is 414 g/mol. The number of aromatic amines is 1. The fourth-order valence-corrected chi connectivity index (χ4v) is 3.11. The summed E-state index contributed by atoms with van der Waals surface area (Å²) < 4.78 is 30.0. The van der Waals surface area contributed by atoms with Crippen molar-refractivity contribution in [1.29, 1.82) is 5.26 Å². The molecule has 2 unspecified atom stereocenters. The van der Waals surface area contributed by atoms with E-state index in [9.17, 15) is 13.6 Å². The van der Waals surface area contributed by atoms with Crippen molar-refractivity contribution in [1.82, 2.24) is 9.88 Å². The molecule has 2 atom stereocenters. The average Bonchev–Trinajstić information content (AvgIpc) is 2.84. The maximum atomic E-state index is 12.5. The van der Waals surface area contributed by atoms with E-state index in [1.165, 1.54) is 6.20 Å². The number of allylic oxidation sites excluding steroid dienone is 1. The van der Waals surface area contributed by atoms with Crippen LogP contribution in [0.5, 0.6) is 0 Å². The molecule has 8 heteroatoms. The van der Waals surface area contributed by atoms with Crippen LogP contribution in [0.25, 0.3) is 12.2 Å². The zero-order chi connectivity index (χ0) is 18.6. The van der Waals surface area contributed by atoms with Crippen molar-refractivity contribution in [2.75, 3.05) is 20.7 Å². The SMILES string of the molecule is CN(C)/C=C(\C#N)C(=O)c1cc2c([nH]1)=CC(Br)CC(OCC(F)F)C=2. The highest BCUT2D eigenvalue weighted by Crippen LogP contribution is 2.16. The second-order valence-electron chi connectivity index (χ2n) is 5.85. The van der Waals surface area contributed by atoms with Gasteiger partial charge in [-0.1, -0.05) is 15.9 Å². The summed E-state index contributed by atoms with van der Waals surface area (Å²) in [6.45, 7) is -0.642. The standard InChI is InChI=1S/C17H18BrF2N3O2/c1-23(2)8-11(7-21)17(24)15-4-10-3-13(25-9-16(19)20)5-12(18)6-14(10)22-15/h3-4,6,8,12-13,16,22H,5,9H2,1-2H3/b11-8+. The van der Waals surface area contributed by atoms with Crippen LogP contribution < -0.4 is 10.6 Å². The summed E-state index contributed by atoms with van der Waals surface area (Å²) in [4.78, 5) is 17.0. The number of rotatable bonds is 6. The lowest BCUT2D eigenvalue weighted by Crippen LogP contribution is -2.24. The molecule has 1 aliphatic rings. The molecule has 1 aromatic rings. The molecular formula is C17H18BrF2N3O2. The van der Waals surface area contributed by atoms with Gasteiger partial charge in [0.2, 0.25) is 5.78 Å². The van der Waals surface area contributed by atoms with Crippen LogP contribution in [0.2, 0.25) is 0 Å². The molecule has 1 aliphatic carbocycles. The predicted molar refractivity (Wildman–Crippen MR) is 93.8 cm³/mol. The first-order valence-corrected chi connectivity index (χ1v) is 8.51. The van der Waals surface area contributed by atoms with Gasteiger partial charge in [0, 0.05) is 30.5 Å². The van der Waals surface area contributed by atoms with Crippen LogP contribution >= 0.6 is 15.9 Å². The van der Waals surface area contributed by atoms with E-state index < -0.39 is 24.9 Å². The Morgan fingerprint density at radius 1 is 1.56 bits per heavy atom. The molecule has 0 aromatic carbocycles. The third kappa shape index (κ3) is 5.25. The zero-order valence-electron chi connectivity index (χ0n) is 13.8. The van der Waals surface area contributed by atoms with Gasteiger partial charge in [-0.15, -0.1) is 0 Å². The van der Waals surface area contributed by atoms with Crippen molar-refractivity contribution < 1.29 is 18.3 Å². The third-order valence-corrected chi connectivity index (χ3v) is 4.12. The van der Waals surface area contributed by atoms with Crippen molar-refractivity contribution in [3.05, 3.63) is 34.1 Å². The fourth-order valence-electron chi connectivity index (χ4n) is 2.48. The van der Waals surface area contributed by atoms with E-state index in [1.807, 2.05) is 12.1 Å². The van der Waals surface area contributed by atoms with E-state index in [0.717, 1.165) is 0 Å². The number of carbonyl (C=O) groups is 1. The Labute approximate surface area is 152 Å². The Morgan fingerprint density at radius 2 is 2.28 bits per heavy atom. The Morgan fingerprint density at radius 3 is 2.88 bits per heavy atom. The van der Waals surface area contributed by atoms with Gasteiger partial charge in [0.15, 0.2) is 0 Å². The highest BCUT2D eigenvalue weighted by molar-refractivity contribution is 9.09. The second kappa shape index (κ2) is 8.41. The number of carbonyl (C=O) groups excluding carboxylic acids is 1. The van der Waals surface area contributed by atoms with Gasteiger partial charge in [-0.05, 0) is 29.9 Å². The fraction of sp³-hybridized carbons (Fsp3) is 0.412. The monoisotopic (exact) mass is 413 g/mol. The molecule has 25 heavy (non-hydrogen) atoms. The maximum absolute atomic E-state index is 12.5. The van der Waals surface area contributed by atoms with Gasteiger partial charge in [0.25, 0.3) is 6.43 Å². The van der Waals surface area contributed by atoms with Crippen LogP contribution in [-0.2, 0) is 4.74 Å². The number of nitrogens with zero attached hydrogens (tertiary/aromatic N) is 2. The van der Waals surface area contributed by atoms with Crippen molar-refractivity contribution in [2.45, 2.75) is 23.8 Å². The number of Topliss-reactive ketones (excluding diaryl/α,β-unsaturated/α-hetero) is 1. The van der Waals surface area contributed by atoms with Crippen LogP contribution in [0, 0.1) is 11.3 Å². The molecule has 0 saturated heterocycles. The van der Waals surface area contributed by atoms with E-state index in [0.29, 0.717) is 17.0 Å². The smallest absolute Gasteiger partial charge is 0.261 e. The summed E-state index contributed by atoms with van der Waals surface area (Å²) in [7, 11) is 3.44. The zero-order valence-corrected chi connectivity index (χ0v) is 15.4. The lowest BCUT2D eigenvalue weighted by molar-refractivity contribution is -0.00300. The van der Waals surface area contributed by atoms with Gasteiger partial charge >= 0.3 is 0 Å². The first-order chi connectivity index (χ1) is 11.8. The summed E-state index contributed by atoms with van der Waals surface area (Å²) in [6, 6.07) is 3.50. The number of fused-ring (bicyclic) bond motifs is 1. The molecular weight excluding hydrogens is 396 g/mol. The number of H-pyrrole nitrogens is 1. The Balaban J connectivity index is 2.38. The molecule has 134 valence electrons. The topological polar surface area (TPSA) is 69.1 Å². The van der Waals surface area contributed by atoms with Crippen molar-refractivity contribution in [3.8, 4) is 6.07 Å². The van der Waals surface area contributed by atoms with E-state index in [-0.39, 0.29) is 16.1 Å². The molecule has 0 spiro atoms. The Hall–Kier alpha value is -1.98. The summed E-state index contributed by atoms with van der Waals surface area (Å²) in [5, 5.41) is 10.5. The van der Waals surface area contributed by atoms with Crippen molar-refractivity contribution >= 4 is 33.9 Å². The number of alkyl halides is 3. The van der Waals surface area contributed by atoms with E-state index >= 15 is 0 Å².